The Bertz CT molecular complexity index is 279. The van der Waals surface area contributed by atoms with Crippen LogP contribution in [-0.4, -0.2) is 19.4 Å². The van der Waals surface area contributed by atoms with Gasteiger partial charge in [-0.3, -0.25) is 4.57 Å². The SMILES string of the molecule is C#CC1(C)CP(=O)(OC)CCC1C. The van der Waals surface area contributed by atoms with Crippen LogP contribution >= 0.6 is 7.37 Å². The van der Waals surface area contributed by atoms with E-state index in [-0.39, 0.29) is 5.41 Å². The summed E-state index contributed by atoms with van der Waals surface area (Å²) in [6, 6.07) is 0. The molecule has 3 unspecified atom stereocenters. The van der Waals surface area contributed by atoms with Gasteiger partial charge in [0.05, 0.1) is 0 Å². The normalized spacial score (nSPS) is 45.5. The molecule has 1 aliphatic rings. The largest absolute Gasteiger partial charge is 0.332 e. The highest BCUT2D eigenvalue weighted by molar-refractivity contribution is 7.59. The van der Waals surface area contributed by atoms with Crippen LogP contribution in [0.25, 0.3) is 0 Å². The lowest BCUT2D eigenvalue weighted by Gasteiger charge is -2.38. The topological polar surface area (TPSA) is 26.3 Å². The summed E-state index contributed by atoms with van der Waals surface area (Å²) in [6.07, 6.45) is 7.60. The molecule has 74 valence electrons. The van der Waals surface area contributed by atoms with E-state index >= 15 is 0 Å². The molecule has 3 heteroatoms. The van der Waals surface area contributed by atoms with Gasteiger partial charge in [-0.05, 0) is 19.3 Å². The molecular formula is C10H17O2P. The predicted octanol–water partition coefficient (Wildman–Crippen LogP) is 2.59. The van der Waals surface area contributed by atoms with Crippen LogP contribution in [0.4, 0.5) is 0 Å². The molecule has 2 nitrogen and oxygen atoms in total. The molecule has 0 aliphatic carbocycles. The summed E-state index contributed by atoms with van der Waals surface area (Å²) in [7, 11) is -0.891. The van der Waals surface area contributed by atoms with E-state index in [0.29, 0.717) is 18.2 Å². The lowest BCUT2D eigenvalue weighted by molar-refractivity contribution is 0.273. The first-order valence-electron chi connectivity index (χ1n) is 4.57. The summed E-state index contributed by atoms with van der Waals surface area (Å²) in [5.41, 5.74) is -0.246. The first kappa shape index (κ1) is 10.8. The summed E-state index contributed by atoms with van der Waals surface area (Å²) in [4.78, 5) is 0. The lowest BCUT2D eigenvalue weighted by Crippen LogP contribution is -2.33. The fourth-order valence-electron chi connectivity index (χ4n) is 1.79. The standard InChI is InChI=1S/C10H17O2P/c1-5-10(3)8-13(11,12-4)7-6-9(10)2/h1,9H,6-8H2,2-4H3. The van der Waals surface area contributed by atoms with Crippen LogP contribution in [-0.2, 0) is 9.09 Å². The van der Waals surface area contributed by atoms with Crippen molar-refractivity contribution in [2.75, 3.05) is 19.4 Å². The highest BCUT2D eigenvalue weighted by atomic mass is 31.2. The Balaban J connectivity index is 2.88. The van der Waals surface area contributed by atoms with Crippen molar-refractivity contribution in [2.45, 2.75) is 20.3 Å². The molecule has 1 aliphatic heterocycles. The smallest absolute Gasteiger partial charge is 0.204 e. The van der Waals surface area contributed by atoms with Crippen LogP contribution in [0.5, 0.6) is 0 Å². The summed E-state index contributed by atoms with van der Waals surface area (Å²) < 4.78 is 17.1. The minimum atomic E-state index is -2.41. The monoisotopic (exact) mass is 200 g/mol. The minimum absolute atomic E-state index is 0.246. The Morgan fingerprint density at radius 1 is 1.69 bits per heavy atom. The van der Waals surface area contributed by atoms with Crippen molar-refractivity contribution in [1.29, 1.82) is 0 Å². The van der Waals surface area contributed by atoms with E-state index in [1.165, 1.54) is 7.11 Å². The third-order valence-electron chi connectivity index (χ3n) is 3.22. The Hall–Kier alpha value is -0.250. The number of terminal acetylenes is 1. The van der Waals surface area contributed by atoms with Gasteiger partial charge in [-0.15, -0.1) is 6.42 Å². The molecule has 0 N–H and O–H groups in total. The molecule has 1 saturated heterocycles. The van der Waals surface area contributed by atoms with Gasteiger partial charge >= 0.3 is 0 Å². The second-order valence-electron chi connectivity index (χ2n) is 4.13. The van der Waals surface area contributed by atoms with Crippen molar-refractivity contribution >= 4 is 7.37 Å². The van der Waals surface area contributed by atoms with E-state index in [2.05, 4.69) is 12.8 Å². The number of hydrogen-bond donors (Lipinski definition) is 0. The van der Waals surface area contributed by atoms with Gasteiger partial charge in [0, 0.05) is 24.8 Å². The third-order valence-corrected chi connectivity index (χ3v) is 5.97. The van der Waals surface area contributed by atoms with Gasteiger partial charge < -0.3 is 4.52 Å². The fraction of sp³-hybridized carbons (Fsp3) is 0.800. The van der Waals surface area contributed by atoms with Crippen molar-refractivity contribution in [3.05, 3.63) is 0 Å². The number of rotatable bonds is 1. The molecule has 0 saturated carbocycles. The van der Waals surface area contributed by atoms with E-state index in [1.807, 2.05) is 6.92 Å². The van der Waals surface area contributed by atoms with Crippen molar-refractivity contribution in [1.82, 2.24) is 0 Å². The zero-order valence-corrected chi connectivity index (χ0v) is 9.43. The average molecular weight is 200 g/mol. The van der Waals surface area contributed by atoms with Gasteiger partial charge in [0.15, 0.2) is 0 Å². The van der Waals surface area contributed by atoms with E-state index < -0.39 is 7.37 Å². The van der Waals surface area contributed by atoms with Gasteiger partial charge in [0.1, 0.15) is 0 Å². The fourth-order valence-corrected chi connectivity index (χ4v) is 4.44. The minimum Gasteiger partial charge on any atom is -0.332 e. The van der Waals surface area contributed by atoms with Gasteiger partial charge in [-0.25, -0.2) is 0 Å². The first-order valence-corrected chi connectivity index (χ1v) is 6.57. The molecule has 0 spiro atoms. The molecule has 0 radical (unpaired) electrons. The summed E-state index contributed by atoms with van der Waals surface area (Å²) >= 11 is 0. The molecule has 13 heavy (non-hydrogen) atoms. The highest BCUT2D eigenvalue weighted by Crippen LogP contribution is 2.57. The van der Waals surface area contributed by atoms with E-state index in [9.17, 15) is 4.57 Å². The summed E-state index contributed by atoms with van der Waals surface area (Å²) in [5, 5.41) is 0. The highest BCUT2D eigenvalue weighted by Gasteiger charge is 2.42. The van der Waals surface area contributed by atoms with Gasteiger partial charge in [0.25, 0.3) is 0 Å². The van der Waals surface area contributed by atoms with Gasteiger partial charge in [-0.1, -0.05) is 12.8 Å². The number of hydrogen-bond acceptors (Lipinski definition) is 2. The van der Waals surface area contributed by atoms with Crippen LogP contribution < -0.4 is 0 Å². The maximum atomic E-state index is 12.0. The average Bonchev–Trinajstić information content (AvgIpc) is 2.12. The van der Waals surface area contributed by atoms with E-state index in [0.717, 1.165) is 6.42 Å². The van der Waals surface area contributed by atoms with Crippen LogP contribution in [0.2, 0.25) is 0 Å². The molecule has 0 bridgehead atoms. The van der Waals surface area contributed by atoms with Crippen molar-refractivity contribution in [3.8, 4) is 12.3 Å². The second kappa shape index (κ2) is 3.48. The molecule has 0 aromatic carbocycles. The van der Waals surface area contributed by atoms with Crippen molar-refractivity contribution in [2.24, 2.45) is 11.3 Å². The molecule has 1 heterocycles. The molecule has 0 amide bonds. The molecule has 1 rings (SSSR count). The Labute approximate surface area is 80.5 Å². The summed E-state index contributed by atoms with van der Waals surface area (Å²) in [6.45, 7) is 4.13. The van der Waals surface area contributed by atoms with E-state index in [1.54, 1.807) is 0 Å². The van der Waals surface area contributed by atoms with Crippen LogP contribution in [0.3, 0.4) is 0 Å². The molecule has 0 aromatic rings. The zero-order chi connectivity index (χ0) is 10.1. The predicted molar refractivity (Wildman–Crippen MR) is 55.1 cm³/mol. The Morgan fingerprint density at radius 3 is 2.77 bits per heavy atom. The molecule has 1 fully saturated rings. The maximum absolute atomic E-state index is 12.0. The van der Waals surface area contributed by atoms with Gasteiger partial charge in [-0.2, -0.15) is 0 Å². The first-order chi connectivity index (χ1) is 5.96. The molecule has 3 atom stereocenters. The third kappa shape index (κ3) is 1.98. The van der Waals surface area contributed by atoms with Crippen molar-refractivity contribution in [3.63, 3.8) is 0 Å². The van der Waals surface area contributed by atoms with E-state index in [4.69, 9.17) is 10.9 Å². The Morgan fingerprint density at radius 2 is 2.31 bits per heavy atom. The molecule has 0 aromatic heterocycles. The van der Waals surface area contributed by atoms with Crippen molar-refractivity contribution < 1.29 is 9.09 Å². The maximum Gasteiger partial charge on any atom is 0.204 e. The van der Waals surface area contributed by atoms with Crippen LogP contribution in [0, 0.1) is 23.7 Å². The van der Waals surface area contributed by atoms with Crippen LogP contribution in [0.15, 0.2) is 0 Å². The second-order valence-corrected chi connectivity index (χ2v) is 6.89. The summed E-state index contributed by atoms with van der Waals surface area (Å²) in [5.74, 6) is 3.21. The van der Waals surface area contributed by atoms with Gasteiger partial charge in [0.2, 0.25) is 7.37 Å². The Kier molecular flexibility index (Phi) is 2.90. The quantitative estimate of drug-likeness (QED) is 0.480. The van der Waals surface area contributed by atoms with Crippen LogP contribution in [0.1, 0.15) is 20.3 Å². The molecular weight excluding hydrogens is 183 g/mol. The lowest BCUT2D eigenvalue weighted by atomic mass is 9.79. The zero-order valence-electron chi connectivity index (χ0n) is 8.54.